The van der Waals surface area contributed by atoms with E-state index in [1.54, 1.807) is 63.1 Å². The summed E-state index contributed by atoms with van der Waals surface area (Å²) in [5.74, 6) is -0.457. The van der Waals surface area contributed by atoms with Gasteiger partial charge in [0.2, 0.25) is 5.91 Å². The van der Waals surface area contributed by atoms with E-state index in [4.69, 9.17) is 9.47 Å². The van der Waals surface area contributed by atoms with Crippen molar-refractivity contribution in [2.24, 2.45) is 7.05 Å². The van der Waals surface area contributed by atoms with E-state index in [1.165, 1.54) is 4.57 Å². The number of ether oxygens (including phenoxy) is 2. The minimum absolute atomic E-state index is 0.138. The fraction of sp³-hybridized carbons (Fsp3) is 0.350. The SMILES string of the molecule is C=C1CCC(N2C(=O)c3cccc(NCCCCCCCCNC(=O)COc4cc(OC)cc(-c5cn(C)c(=O)c6cnccc56)c4)c3C2=O)C(=O)N1. The number of methoxy groups -OCH3 is 1. The normalized spacial score (nSPS) is 15.4. The topological polar surface area (TPSA) is 161 Å². The lowest BCUT2D eigenvalue weighted by Crippen LogP contribution is -2.51. The summed E-state index contributed by atoms with van der Waals surface area (Å²) in [6.07, 6.45) is 11.6. The number of aryl methyl sites for hydroxylation is 1. The molecule has 4 amide bonds. The van der Waals surface area contributed by atoms with Crippen molar-refractivity contribution < 1.29 is 28.7 Å². The summed E-state index contributed by atoms with van der Waals surface area (Å²) in [6, 6.07) is 11.5. The molecule has 6 rings (SSSR count). The Bertz CT molecular complexity index is 2130. The van der Waals surface area contributed by atoms with Crippen molar-refractivity contribution in [3.05, 3.63) is 94.8 Å². The van der Waals surface area contributed by atoms with E-state index in [9.17, 15) is 24.0 Å². The molecule has 4 aromatic rings. The van der Waals surface area contributed by atoms with Crippen molar-refractivity contribution in [3.63, 3.8) is 0 Å². The van der Waals surface area contributed by atoms with E-state index in [1.807, 2.05) is 12.1 Å². The minimum atomic E-state index is -0.838. The maximum absolute atomic E-state index is 13.3. The summed E-state index contributed by atoms with van der Waals surface area (Å²) in [5.41, 5.74) is 3.29. The molecular weight excluding hydrogens is 676 g/mol. The van der Waals surface area contributed by atoms with Crippen molar-refractivity contribution in [1.29, 1.82) is 0 Å². The number of pyridine rings is 2. The van der Waals surface area contributed by atoms with E-state index in [0.717, 1.165) is 59.9 Å². The van der Waals surface area contributed by atoms with Crippen LogP contribution in [0.4, 0.5) is 5.69 Å². The predicted molar refractivity (Wildman–Crippen MR) is 201 cm³/mol. The molecule has 2 aromatic carbocycles. The number of unbranched alkanes of at least 4 members (excludes halogenated alkanes) is 5. The van der Waals surface area contributed by atoms with Crippen LogP contribution >= 0.6 is 0 Å². The van der Waals surface area contributed by atoms with Gasteiger partial charge in [0, 0.05) is 61.7 Å². The number of piperidine rings is 1. The van der Waals surface area contributed by atoms with Gasteiger partial charge in [0.15, 0.2) is 6.61 Å². The van der Waals surface area contributed by atoms with Crippen LogP contribution in [0.2, 0.25) is 0 Å². The Hall–Kier alpha value is -5.98. The second-order valence-electron chi connectivity index (χ2n) is 13.3. The number of hydrogen-bond acceptors (Lipinski definition) is 9. The highest BCUT2D eigenvalue weighted by atomic mass is 16.5. The monoisotopic (exact) mass is 720 g/mol. The molecule has 13 nitrogen and oxygen atoms in total. The van der Waals surface area contributed by atoms with Gasteiger partial charge in [-0.2, -0.15) is 0 Å². The Labute approximate surface area is 307 Å². The molecule has 0 aliphatic carbocycles. The molecule has 276 valence electrons. The molecule has 2 aliphatic heterocycles. The molecule has 3 N–H and O–H groups in total. The highest BCUT2D eigenvalue weighted by molar-refractivity contribution is 6.25. The van der Waals surface area contributed by atoms with Crippen LogP contribution in [-0.4, -0.2) is 70.9 Å². The first kappa shape index (κ1) is 36.8. The van der Waals surface area contributed by atoms with Crippen molar-refractivity contribution in [2.45, 2.75) is 57.4 Å². The zero-order valence-electron chi connectivity index (χ0n) is 30.0. The first-order valence-corrected chi connectivity index (χ1v) is 17.9. The molecule has 53 heavy (non-hydrogen) atoms. The summed E-state index contributed by atoms with van der Waals surface area (Å²) in [4.78, 5) is 69.3. The Kier molecular flexibility index (Phi) is 11.5. The molecule has 2 aromatic heterocycles. The van der Waals surface area contributed by atoms with Crippen LogP contribution in [0, 0.1) is 0 Å². The number of allylic oxidation sites excluding steroid dienone is 1. The quantitative estimate of drug-likeness (QED) is 0.108. The fourth-order valence-electron chi connectivity index (χ4n) is 6.82. The van der Waals surface area contributed by atoms with E-state index in [-0.39, 0.29) is 24.0 Å². The van der Waals surface area contributed by atoms with Crippen LogP contribution in [-0.2, 0) is 16.6 Å². The number of rotatable bonds is 16. The van der Waals surface area contributed by atoms with Crippen molar-refractivity contribution in [3.8, 4) is 22.6 Å². The van der Waals surface area contributed by atoms with Gasteiger partial charge < -0.3 is 30.0 Å². The summed E-state index contributed by atoms with van der Waals surface area (Å²) in [6.45, 7) is 4.82. The van der Waals surface area contributed by atoms with Crippen molar-refractivity contribution in [2.75, 3.05) is 32.1 Å². The number of nitrogens with one attached hydrogen (secondary N) is 3. The highest BCUT2D eigenvalue weighted by Crippen LogP contribution is 2.34. The number of anilines is 1. The summed E-state index contributed by atoms with van der Waals surface area (Å²) in [5, 5.41) is 10.2. The number of carbonyl (C=O) groups is 4. The maximum atomic E-state index is 13.3. The van der Waals surface area contributed by atoms with Gasteiger partial charge in [-0.15, -0.1) is 0 Å². The summed E-state index contributed by atoms with van der Waals surface area (Å²) in [7, 11) is 3.25. The Morgan fingerprint density at radius 1 is 0.943 bits per heavy atom. The lowest BCUT2D eigenvalue weighted by Gasteiger charge is -2.29. The van der Waals surface area contributed by atoms with Crippen LogP contribution in [0.3, 0.4) is 0 Å². The van der Waals surface area contributed by atoms with Gasteiger partial charge in [-0.25, -0.2) is 0 Å². The summed E-state index contributed by atoms with van der Waals surface area (Å²) < 4.78 is 12.9. The minimum Gasteiger partial charge on any atom is -0.497 e. The molecule has 4 heterocycles. The summed E-state index contributed by atoms with van der Waals surface area (Å²) >= 11 is 0. The van der Waals surface area contributed by atoms with E-state index in [2.05, 4.69) is 27.5 Å². The Balaban J connectivity index is 0.889. The van der Waals surface area contributed by atoms with Crippen molar-refractivity contribution >= 4 is 40.1 Å². The molecule has 0 spiro atoms. The van der Waals surface area contributed by atoms with Gasteiger partial charge in [-0.1, -0.05) is 38.3 Å². The lowest BCUT2D eigenvalue weighted by atomic mass is 10.0. The molecule has 0 bridgehead atoms. The number of benzene rings is 2. The van der Waals surface area contributed by atoms with Gasteiger partial charge in [-0.05, 0) is 67.0 Å². The van der Waals surface area contributed by atoms with Crippen LogP contribution in [0.1, 0.15) is 72.1 Å². The van der Waals surface area contributed by atoms with Crippen LogP contribution in [0.15, 0.2) is 78.1 Å². The van der Waals surface area contributed by atoms with Gasteiger partial charge in [-0.3, -0.25) is 33.9 Å². The fourth-order valence-corrected chi connectivity index (χ4v) is 6.82. The predicted octanol–water partition coefficient (Wildman–Crippen LogP) is 4.95. The Morgan fingerprint density at radius 2 is 1.70 bits per heavy atom. The molecule has 1 atom stereocenters. The highest BCUT2D eigenvalue weighted by Gasteiger charge is 2.45. The number of aromatic nitrogens is 2. The maximum Gasteiger partial charge on any atom is 0.264 e. The van der Waals surface area contributed by atoms with Gasteiger partial charge in [0.05, 0.1) is 23.6 Å². The molecule has 1 saturated heterocycles. The van der Waals surface area contributed by atoms with Crippen LogP contribution in [0.25, 0.3) is 21.9 Å². The third-order valence-corrected chi connectivity index (χ3v) is 9.60. The lowest BCUT2D eigenvalue weighted by molar-refractivity contribution is -0.125. The number of nitrogens with zero attached hydrogens (tertiary/aromatic N) is 3. The number of fused-ring (bicyclic) bond motifs is 2. The molecule has 1 unspecified atom stereocenters. The van der Waals surface area contributed by atoms with E-state index < -0.39 is 17.9 Å². The average molecular weight is 721 g/mol. The molecule has 0 radical (unpaired) electrons. The molecular formula is C40H44N6O7. The molecule has 0 saturated carbocycles. The number of carbonyl (C=O) groups excluding carboxylic acids is 4. The van der Waals surface area contributed by atoms with Crippen LogP contribution in [0.5, 0.6) is 11.5 Å². The largest absolute Gasteiger partial charge is 0.497 e. The first-order chi connectivity index (χ1) is 25.7. The smallest absolute Gasteiger partial charge is 0.264 e. The first-order valence-electron chi connectivity index (χ1n) is 17.9. The molecule has 13 heteroatoms. The average Bonchev–Trinajstić information content (AvgIpc) is 3.41. The number of imide groups is 1. The van der Waals surface area contributed by atoms with E-state index >= 15 is 0 Å². The second kappa shape index (κ2) is 16.6. The standard InChI is InChI=1S/C40H44N6O7/c1-25-13-14-34(37(48)44-25)46-39(50)30-11-10-12-33(36(30)40(46)51)42-16-8-6-4-5-7-9-17-43-35(47)24-53-28-20-26(19-27(21-28)52-3)32-23-45(2)38(49)31-22-41-18-15-29(31)32/h10-12,15,18-23,34,42H,1,4-9,13-14,16-17,24H2,2-3H3,(H,43,47)(H,44,48). The third kappa shape index (κ3) is 8.24. The zero-order valence-corrected chi connectivity index (χ0v) is 30.0. The molecule has 1 fully saturated rings. The number of amides is 4. The van der Waals surface area contributed by atoms with E-state index in [0.29, 0.717) is 65.3 Å². The van der Waals surface area contributed by atoms with Crippen LogP contribution < -0.4 is 31.0 Å². The number of hydrogen-bond donors (Lipinski definition) is 3. The second-order valence-corrected chi connectivity index (χ2v) is 13.3. The molecule has 2 aliphatic rings. The third-order valence-electron chi connectivity index (χ3n) is 9.60. The van der Waals surface area contributed by atoms with Gasteiger partial charge in [0.25, 0.3) is 23.3 Å². The Morgan fingerprint density at radius 3 is 2.47 bits per heavy atom. The van der Waals surface area contributed by atoms with Gasteiger partial charge in [0.1, 0.15) is 17.5 Å². The van der Waals surface area contributed by atoms with Gasteiger partial charge >= 0.3 is 0 Å². The van der Waals surface area contributed by atoms with Crippen molar-refractivity contribution in [1.82, 2.24) is 25.1 Å². The zero-order chi connectivity index (χ0) is 37.5.